The molecule has 1 aromatic rings. The van der Waals surface area contributed by atoms with Crippen LogP contribution in [-0.2, 0) is 20.7 Å². The van der Waals surface area contributed by atoms with E-state index in [1.807, 2.05) is 0 Å². The lowest BCUT2D eigenvalue weighted by molar-refractivity contribution is -0.608. The number of methoxy groups -OCH3 is 1. The molecule has 0 radical (unpaired) electrons. The molecule has 0 saturated carbocycles. The van der Waals surface area contributed by atoms with Crippen LogP contribution in [0.25, 0.3) is 0 Å². The Morgan fingerprint density at radius 3 is 2.60 bits per heavy atom. The fourth-order valence-electron chi connectivity index (χ4n) is 1.42. The fraction of sp³-hybridized carbons (Fsp3) is 0.583. The molecule has 0 aliphatic heterocycles. The van der Waals surface area contributed by atoms with Crippen molar-refractivity contribution in [2.24, 2.45) is 0 Å². The zero-order valence-electron chi connectivity index (χ0n) is 11.8. The van der Waals surface area contributed by atoms with Gasteiger partial charge in [0, 0.05) is 0 Å². The zero-order chi connectivity index (χ0) is 15.3. The van der Waals surface area contributed by atoms with Gasteiger partial charge in [-0.05, 0) is 20.8 Å². The second-order valence-corrected chi connectivity index (χ2v) is 5.82. The maximum Gasteiger partial charge on any atom is 0.408 e. The van der Waals surface area contributed by atoms with Crippen LogP contribution in [0.15, 0.2) is 10.9 Å². The molecule has 1 unspecified atom stereocenters. The quantitative estimate of drug-likeness (QED) is 0.509. The summed E-state index contributed by atoms with van der Waals surface area (Å²) >= 11 is 1.21. The summed E-state index contributed by atoms with van der Waals surface area (Å²) in [4.78, 5) is 23.3. The van der Waals surface area contributed by atoms with Crippen LogP contribution in [0, 0.1) is 5.21 Å². The Morgan fingerprint density at radius 2 is 2.15 bits per heavy atom. The summed E-state index contributed by atoms with van der Waals surface area (Å²) in [6, 6.07) is -0.968. The van der Waals surface area contributed by atoms with Crippen LogP contribution >= 0.6 is 11.3 Å². The van der Waals surface area contributed by atoms with E-state index in [4.69, 9.17) is 4.74 Å². The number of rotatable bonds is 4. The summed E-state index contributed by atoms with van der Waals surface area (Å²) in [6.45, 7) is 5.14. The number of alkyl carbamates (subject to hydrolysis) is 1. The van der Waals surface area contributed by atoms with E-state index in [1.54, 1.807) is 26.2 Å². The van der Waals surface area contributed by atoms with E-state index in [2.05, 4.69) is 10.1 Å². The number of ether oxygens (including phenoxy) is 2. The summed E-state index contributed by atoms with van der Waals surface area (Å²) < 4.78 is 10.3. The number of thiazole rings is 1. The molecule has 0 aliphatic rings. The Balaban J connectivity index is 2.73. The van der Waals surface area contributed by atoms with Gasteiger partial charge in [-0.1, -0.05) is 11.3 Å². The molecule has 1 heterocycles. The van der Waals surface area contributed by atoms with Crippen LogP contribution < -0.4 is 10.0 Å². The Hall–Kier alpha value is -1.83. The van der Waals surface area contributed by atoms with Gasteiger partial charge in [-0.2, -0.15) is 4.73 Å². The predicted molar refractivity (Wildman–Crippen MR) is 72.2 cm³/mol. The van der Waals surface area contributed by atoms with E-state index in [0.29, 0.717) is 10.4 Å². The molecule has 1 N–H and O–H groups in total. The van der Waals surface area contributed by atoms with E-state index in [9.17, 15) is 14.8 Å². The highest BCUT2D eigenvalue weighted by molar-refractivity contribution is 7.07. The molecular formula is C12H18N2O5S. The molecule has 0 spiro atoms. The lowest BCUT2D eigenvalue weighted by Crippen LogP contribution is -2.46. The summed E-state index contributed by atoms with van der Waals surface area (Å²) in [5.41, 5.74) is 1.06. The Bertz CT molecular complexity index is 480. The van der Waals surface area contributed by atoms with E-state index >= 15 is 0 Å². The van der Waals surface area contributed by atoms with Crippen molar-refractivity contribution in [1.29, 1.82) is 0 Å². The van der Waals surface area contributed by atoms with Gasteiger partial charge >= 0.3 is 12.1 Å². The lowest BCUT2D eigenvalue weighted by Gasteiger charge is -2.22. The van der Waals surface area contributed by atoms with Crippen LogP contribution in [-0.4, -0.2) is 30.8 Å². The van der Waals surface area contributed by atoms with Gasteiger partial charge < -0.3 is 20.0 Å². The van der Waals surface area contributed by atoms with Crippen LogP contribution in [0.5, 0.6) is 0 Å². The molecule has 1 amide bonds. The first-order valence-electron chi connectivity index (χ1n) is 5.94. The van der Waals surface area contributed by atoms with E-state index in [0.717, 1.165) is 0 Å². The maximum absolute atomic E-state index is 11.7. The minimum Gasteiger partial charge on any atom is -0.618 e. The molecule has 8 heteroatoms. The molecular weight excluding hydrogens is 284 g/mol. The molecule has 1 aromatic heterocycles. The third-order valence-corrected chi connectivity index (χ3v) is 2.96. The molecule has 7 nitrogen and oxygen atoms in total. The van der Waals surface area contributed by atoms with Gasteiger partial charge in [0.25, 0.3) is 0 Å². The highest BCUT2D eigenvalue weighted by Gasteiger charge is 2.27. The van der Waals surface area contributed by atoms with Crippen molar-refractivity contribution in [3.05, 3.63) is 21.8 Å². The van der Waals surface area contributed by atoms with Crippen molar-refractivity contribution in [3.63, 3.8) is 0 Å². The maximum atomic E-state index is 11.7. The number of hydrogen-bond acceptors (Lipinski definition) is 6. The number of carbonyl (C=O) groups excluding carboxylic acids is 2. The van der Waals surface area contributed by atoms with Crippen molar-refractivity contribution >= 4 is 23.4 Å². The average molecular weight is 302 g/mol. The largest absolute Gasteiger partial charge is 0.618 e. The Labute approximate surface area is 121 Å². The van der Waals surface area contributed by atoms with Crippen molar-refractivity contribution in [3.8, 4) is 0 Å². The van der Waals surface area contributed by atoms with Crippen LogP contribution in [0.3, 0.4) is 0 Å². The monoisotopic (exact) mass is 302 g/mol. The minimum atomic E-state index is -0.968. The second kappa shape index (κ2) is 6.56. The first kappa shape index (κ1) is 16.2. The number of nitrogens with one attached hydrogen (secondary N) is 1. The molecule has 20 heavy (non-hydrogen) atoms. The number of hydrogen-bond donors (Lipinski definition) is 1. The summed E-state index contributed by atoms with van der Waals surface area (Å²) in [5.74, 6) is -0.637. The highest BCUT2D eigenvalue weighted by Crippen LogP contribution is 2.08. The average Bonchev–Trinajstić information content (AvgIpc) is 2.70. The molecule has 1 rings (SSSR count). The van der Waals surface area contributed by atoms with Crippen molar-refractivity contribution in [2.45, 2.75) is 38.8 Å². The smallest absolute Gasteiger partial charge is 0.408 e. The van der Waals surface area contributed by atoms with Gasteiger partial charge in [0.2, 0.25) is 11.2 Å². The van der Waals surface area contributed by atoms with Gasteiger partial charge in [0.05, 0.1) is 18.9 Å². The lowest BCUT2D eigenvalue weighted by atomic mass is 10.1. The highest BCUT2D eigenvalue weighted by atomic mass is 32.1. The second-order valence-electron chi connectivity index (χ2n) is 5.10. The summed E-state index contributed by atoms with van der Waals surface area (Å²) in [7, 11) is 1.21. The third-order valence-electron chi connectivity index (χ3n) is 2.23. The van der Waals surface area contributed by atoms with Gasteiger partial charge in [-0.3, -0.25) is 0 Å². The standard InChI is InChI=1S/C12H18N2O5S/c1-12(2,3)19-11(16)13-9(10(15)18-4)5-8-6-20-7-14(8)17/h6-7,9H,5H2,1-4H3,(H,13,16). The van der Waals surface area contributed by atoms with Crippen LogP contribution in [0.2, 0.25) is 0 Å². The van der Waals surface area contributed by atoms with E-state index in [-0.39, 0.29) is 6.42 Å². The van der Waals surface area contributed by atoms with Gasteiger partial charge in [0.15, 0.2) is 0 Å². The SMILES string of the molecule is COC(=O)C(Cc1csc[n+]1[O-])NC(=O)OC(C)(C)C. The predicted octanol–water partition coefficient (Wildman–Crippen LogP) is 0.990. The van der Waals surface area contributed by atoms with Gasteiger partial charge in [-0.15, -0.1) is 0 Å². The molecule has 0 bridgehead atoms. The molecule has 112 valence electrons. The normalized spacial score (nSPS) is 12.6. The van der Waals surface area contributed by atoms with Crippen LogP contribution in [0.4, 0.5) is 4.79 Å². The molecule has 0 saturated heterocycles. The Kier molecular flexibility index (Phi) is 5.32. The van der Waals surface area contributed by atoms with Gasteiger partial charge in [-0.25, -0.2) is 9.59 Å². The first-order chi connectivity index (χ1) is 9.23. The first-order valence-corrected chi connectivity index (χ1v) is 6.89. The molecule has 0 aromatic carbocycles. The van der Waals surface area contributed by atoms with Crippen molar-refractivity contribution in [2.75, 3.05) is 7.11 Å². The minimum absolute atomic E-state index is 0.0406. The summed E-state index contributed by atoms with van der Waals surface area (Å²) in [5, 5.41) is 15.4. The zero-order valence-corrected chi connectivity index (χ0v) is 12.7. The number of nitrogens with zero attached hydrogens (tertiary/aromatic N) is 1. The van der Waals surface area contributed by atoms with Gasteiger partial charge in [0.1, 0.15) is 11.6 Å². The third kappa shape index (κ3) is 5.04. The van der Waals surface area contributed by atoms with E-state index < -0.39 is 23.7 Å². The number of carbonyl (C=O) groups is 2. The Morgan fingerprint density at radius 1 is 1.50 bits per heavy atom. The topological polar surface area (TPSA) is 91.6 Å². The van der Waals surface area contributed by atoms with E-state index in [1.165, 1.54) is 24.0 Å². The number of amides is 1. The van der Waals surface area contributed by atoms with Crippen molar-refractivity contribution in [1.82, 2.24) is 5.32 Å². The number of aromatic nitrogens is 1. The summed E-state index contributed by atoms with van der Waals surface area (Å²) in [6.07, 6.45) is -0.695. The molecule has 1 atom stereocenters. The number of esters is 1. The molecule has 0 aliphatic carbocycles. The van der Waals surface area contributed by atoms with Crippen molar-refractivity contribution < 1.29 is 23.8 Å². The molecule has 0 fully saturated rings. The van der Waals surface area contributed by atoms with Crippen LogP contribution in [0.1, 0.15) is 26.5 Å². The fourth-order valence-corrected chi connectivity index (χ4v) is 2.08.